The van der Waals surface area contributed by atoms with Crippen molar-refractivity contribution < 1.29 is 9.32 Å². The van der Waals surface area contributed by atoms with Crippen molar-refractivity contribution in [3.63, 3.8) is 0 Å². The zero-order valence-corrected chi connectivity index (χ0v) is 9.97. The molecule has 16 heavy (non-hydrogen) atoms. The van der Waals surface area contributed by atoms with Crippen LogP contribution in [0.15, 0.2) is 20.4 Å². The lowest BCUT2D eigenvalue weighted by Gasteiger charge is -1.98. The van der Waals surface area contributed by atoms with E-state index in [-0.39, 0.29) is 11.7 Å². The summed E-state index contributed by atoms with van der Waals surface area (Å²) in [5.74, 6) is 1.22. The minimum Gasteiger partial charge on any atom is -0.360 e. The van der Waals surface area contributed by atoms with Crippen LogP contribution < -0.4 is 5.32 Å². The predicted octanol–water partition coefficient (Wildman–Crippen LogP) is 1.57. The zero-order chi connectivity index (χ0) is 11.4. The molecule has 2 aromatic heterocycles. The Bertz CT molecular complexity index is 468. The molecule has 84 valence electrons. The second-order valence-electron chi connectivity index (χ2n) is 2.86. The Kier molecular flexibility index (Phi) is 3.52. The average molecular weight is 256 g/mol. The molecule has 0 saturated carbocycles. The number of anilines is 1. The molecule has 0 radical (unpaired) electrons. The van der Waals surface area contributed by atoms with Gasteiger partial charge in [-0.2, -0.15) is 0 Å². The number of nitrogens with zero attached hydrogens (tertiary/aromatic N) is 3. The van der Waals surface area contributed by atoms with E-state index in [0.29, 0.717) is 11.6 Å². The lowest BCUT2D eigenvalue weighted by atomic mass is 10.5. The van der Waals surface area contributed by atoms with E-state index in [9.17, 15) is 4.79 Å². The molecular weight excluding hydrogens is 248 g/mol. The second kappa shape index (κ2) is 5.08. The summed E-state index contributed by atoms with van der Waals surface area (Å²) in [6, 6.07) is 1.66. The third-order valence-electron chi connectivity index (χ3n) is 1.56. The molecule has 0 bridgehead atoms. The highest BCUT2D eigenvalue weighted by molar-refractivity contribution is 8.01. The van der Waals surface area contributed by atoms with Gasteiger partial charge in [-0.3, -0.25) is 4.79 Å². The molecule has 0 aromatic carbocycles. The SMILES string of the molecule is Cc1cc(NC(=O)CSc2nncs2)no1. The van der Waals surface area contributed by atoms with Crippen molar-refractivity contribution in [2.75, 3.05) is 11.1 Å². The zero-order valence-electron chi connectivity index (χ0n) is 8.34. The van der Waals surface area contributed by atoms with Crippen LogP contribution in [0.5, 0.6) is 0 Å². The summed E-state index contributed by atoms with van der Waals surface area (Å²) in [4.78, 5) is 11.5. The van der Waals surface area contributed by atoms with Gasteiger partial charge in [0.25, 0.3) is 0 Å². The number of nitrogens with one attached hydrogen (secondary N) is 1. The van der Waals surface area contributed by atoms with Crippen LogP contribution in [0.1, 0.15) is 5.76 Å². The third kappa shape index (κ3) is 3.04. The van der Waals surface area contributed by atoms with Crippen molar-refractivity contribution in [2.45, 2.75) is 11.3 Å². The molecular formula is C8H8N4O2S2. The number of rotatable bonds is 4. The second-order valence-corrected chi connectivity index (χ2v) is 4.92. The smallest absolute Gasteiger partial charge is 0.236 e. The number of aryl methyl sites for hydroxylation is 1. The van der Waals surface area contributed by atoms with Gasteiger partial charge in [-0.15, -0.1) is 10.2 Å². The van der Waals surface area contributed by atoms with Crippen LogP contribution in [0.4, 0.5) is 5.82 Å². The van der Waals surface area contributed by atoms with Gasteiger partial charge >= 0.3 is 0 Å². The fraction of sp³-hybridized carbons (Fsp3) is 0.250. The molecule has 2 aromatic rings. The lowest BCUT2D eigenvalue weighted by Crippen LogP contribution is -2.14. The van der Waals surface area contributed by atoms with E-state index in [1.54, 1.807) is 18.5 Å². The van der Waals surface area contributed by atoms with Gasteiger partial charge < -0.3 is 9.84 Å². The highest BCUT2D eigenvalue weighted by Gasteiger charge is 2.07. The molecule has 0 aliphatic heterocycles. The van der Waals surface area contributed by atoms with Gasteiger partial charge in [-0.1, -0.05) is 28.3 Å². The first-order valence-electron chi connectivity index (χ1n) is 4.36. The molecule has 0 atom stereocenters. The Balaban J connectivity index is 1.81. The summed E-state index contributed by atoms with van der Waals surface area (Å²) in [6.07, 6.45) is 0. The highest BCUT2D eigenvalue weighted by atomic mass is 32.2. The minimum atomic E-state index is -0.145. The standard InChI is InChI=1S/C8H8N4O2S2/c1-5-2-6(12-14-5)10-7(13)3-15-8-11-9-4-16-8/h2,4H,3H2,1H3,(H,10,12,13). The molecule has 6 nitrogen and oxygen atoms in total. The van der Waals surface area contributed by atoms with Gasteiger partial charge in [0.05, 0.1) is 5.75 Å². The van der Waals surface area contributed by atoms with Crippen LogP contribution >= 0.6 is 23.1 Å². The Morgan fingerprint density at radius 2 is 2.56 bits per heavy atom. The molecule has 1 amide bonds. The monoisotopic (exact) mass is 256 g/mol. The first kappa shape index (κ1) is 11.1. The van der Waals surface area contributed by atoms with Crippen molar-refractivity contribution in [2.24, 2.45) is 0 Å². The molecule has 0 fully saturated rings. The highest BCUT2D eigenvalue weighted by Crippen LogP contribution is 2.18. The lowest BCUT2D eigenvalue weighted by molar-refractivity contribution is -0.113. The summed E-state index contributed by atoms with van der Waals surface area (Å²) in [6.45, 7) is 1.76. The van der Waals surface area contributed by atoms with Crippen LogP contribution in [0, 0.1) is 6.92 Å². The maximum absolute atomic E-state index is 11.5. The minimum absolute atomic E-state index is 0.145. The normalized spacial score (nSPS) is 10.3. The number of hydrogen-bond acceptors (Lipinski definition) is 7. The van der Waals surface area contributed by atoms with E-state index in [1.807, 2.05) is 0 Å². The van der Waals surface area contributed by atoms with Crippen molar-refractivity contribution in [1.29, 1.82) is 0 Å². The number of amides is 1. The summed E-state index contributed by atoms with van der Waals surface area (Å²) < 4.78 is 5.59. The van der Waals surface area contributed by atoms with Gasteiger partial charge in [0.2, 0.25) is 5.91 Å². The largest absolute Gasteiger partial charge is 0.360 e. The van der Waals surface area contributed by atoms with Gasteiger partial charge in [-0.25, -0.2) is 0 Å². The quantitative estimate of drug-likeness (QED) is 0.836. The average Bonchev–Trinajstić information content (AvgIpc) is 2.87. The van der Waals surface area contributed by atoms with E-state index in [1.165, 1.54) is 23.1 Å². The number of carbonyl (C=O) groups excluding carboxylic acids is 1. The Morgan fingerprint density at radius 3 is 3.19 bits per heavy atom. The molecule has 1 N–H and O–H groups in total. The molecule has 0 aliphatic carbocycles. The van der Waals surface area contributed by atoms with Gasteiger partial charge in [-0.05, 0) is 6.92 Å². The third-order valence-corrected chi connectivity index (χ3v) is 3.42. The first-order chi connectivity index (χ1) is 7.74. The van der Waals surface area contributed by atoms with Crippen LogP contribution in [0.2, 0.25) is 0 Å². The van der Waals surface area contributed by atoms with Crippen molar-refractivity contribution >= 4 is 34.8 Å². The van der Waals surface area contributed by atoms with Crippen LogP contribution in [0.3, 0.4) is 0 Å². The van der Waals surface area contributed by atoms with E-state index in [4.69, 9.17) is 4.52 Å². The van der Waals surface area contributed by atoms with Crippen molar-refractivity contribution in [3.05, 3.63) is 17.3 Å². The van der Waals surface area contributed by atoms with Crippen LogP contribution in [0.25, 0.3) is 0 Å². The van der Waals surface area contributed by atoms with Gasteiger partial charge in [0.15, 0.2) is 10.2 Å². The van der Waals surface area contributed by atoms with Crippen molar-refractivity contribution in [3.8, 4) is 0 Å². The number of thioether (sulfide) groups is 1. The number of carbonyl (C=O) groups is 1. The molecule has 0 spiro atoms. The van der Waals surface area contributed by atoms with E-state index < -0.39 is 0 Å². The maximum atomic E-state index is 11.5. The van der Waals surface area contributed by atoms with Crippen LogP contribution in [-0.4, -0.2) is 27.0 Å². The molecule has 0 saturated heterocycles. The van der Waals surface area contributed by atoms with E-state index in [0.717, 1.165) is 4.34 Å². The fourth-order valence-corrected chi connectivity index (χ4v) is 2.25. The number of hydrogen-bond donors (Lipinski definition) is 1. The molecule has 2 rings (SSSR count). The van der Waals surface area contributed by atoms with Crippen LogP contribution in [-0.2, 0) is 4.79 Å². The fourth-order valence-electron chi connectivity index (χ4n) is 0.957. The van der Waals surface area contributed by atoms with Crippen molar-refractivity contribution in [1.82, 2.24) is 15.4 Å². The predicted molar refractivity (Wildman–Crippen MR) is 60.5 cm³/mol. The van der Waals surface area contributed by atoms with Gasteiger partial charge in [0, 0.05) is 6.07 Å². The topological polar surface area (TPSA) is 80.9 Å². The van der Waals surface area contributed by atoms with E-state index in [2.05, 4.69) is 20.7 Å². The summed E-state index contributed by atoms with van der Waals surface area (Å²) in [5.41, 5.74) is 1.63. The number of aromatic nitrogens is 3. The Morgan fingerprint density at radius 1 is 1.69 bits per heavy atom. The molecule has 0 aliphatic rings. The molecule has 2 heterocycles. The molecule has 0 unspecified atom stereocenters. The first-order valence-corrected chi connectivity index (χ1v) is 6.23. The van der Waals surface area contributed by atoms with Gasteiger partial charge in [0.1, 0.15) is 11.3 Å². The summed E-state index contributed by atoms with van der Waals surface area (Å²) >= 11 is 2.74. The Labute approximate surface area is 99.4 Å². The maximum Gasteiger partial charge on any atom is 0.236 e. The summed E-state index contributed by atoms with van der Waals surface area (Å²) in [7, 11) is 0. The summed E-state index contributed by atoms with van der Waals surface area (Å²) in [5, 5.41) is 13.8. The van der Waals surface area contributed by atoms with E-state index >= 15 is 0 Å². The molecule has 8 heteroatoms. The Hall–Kier alpha value is -1.41.